The molecule has 0 radical (unpaired) electrons. The first-order chi connectivity index (χ1) is 18.9. The Morgan fingerprint density at radius 2 is 1.67 bits per heavy atom. The standard InChI is InChI=1S/C30H34FN3O5/c1-5-32-10-12-33(13-11-32)25-17-24-21(16-23(25)31)29(36)22(18-34(24)20-7-8-20)26(35)9-6-19-14-27(37-2)30(39-4)28(15-19)38-3/h6,9,14-18,20H,5,7-8,10-13H2,1-4H3/b9-6+. The lowest BCUT2D eigenvalue weighted by Crippen LogP contribution is -2.46. The van der Waals surface area contributed by atoms with E-state index in [1.165, 1.54) is 33.5 Å². The Morgan fingerprint density at radius 1 is 1.00 bits per heavy atom. The maximum Gasteiger partial charge on any atom is 0.203 e. The van der Waals surface area contributed by atoms with Crippen molar-refractivity contribution in [2.24, 2.45) is 0 Å². The van der Waals surface area contributed by atoms with Crippen LogP contribution in [0, 0.1) is 5.82 Å². The summed E-state index contributed by atoms with van der Waals surface area (Å²) in [5, 5.41) is 0.224. The van der Waals surface area contributed by atoms with E-state index < -0.39 is 17.0 Å². The molecule has 9 heteroatoms. The van der Waals surface area contributed by atoms with Crippen molar-refractivity contribution in [3.05, 3.63) is 63.7 Å². The quantitative estimate of drug-likeness (QED) is 0.294. The van der Waals surface area contributed by atoms with E-state index in [-0.39, 0.29) is 17.0 Å². The third-order valence-electron chi connectivity index (χ3n) is 7.58. The van der Waals surface area contributed by atoms with Crippen LogP contribution in [0.2, 0.25) is 0 Å². The van der Waals surface area contributed by atoms with Crippen molar-refractivity contribution in [1.82, 2.24) is 9.47 Å². The molecule has 2 aromatic carbocycles. The van der Waals surface area contributed by atoms with Crippen LogP contribution in [0.3, 0.4) is 0 Å². The van der Waals surface area contributed by atoms with E-state index in [4.69, 9.17) is 14.2 Å². The van der Waals surface area contributed by atoms with Crippen LogP contribution in [0.25, 0.3) is 17.0 Å². The summed E-state index contributed by atoms with van der Waals surface area (Å²) in [5.74, 6) is 0.454. The number of aromatic nitrogens is 1. The molecular formula is C30H34FN3O5. The van der Waals surface area contributed by atoms with Crippen LogP contribution in [0.4, 0.5) is 10.1 Å². The Kier molecular flexibility index (Phi) is 7.61. The van der Waals surface area contributed by atoms with Gasteiger partial charge in [0, 0.05) is 43.8 Å². The van der Waals surface area contributed by atoms with Crippen LogP contribution < -0.4 is 24.5 Å². The zero-order valence-corrected chi connectivity index (χ0v) is 22.8. The highest BCUT2D eigenvalue weighted by molar-refractivity contribution is 6.08. The maximum absolute atomic E-state index is 15.4. The highest BCUT2D eigenvalue weighted by atomic mass is 19.1. The third kappa shape index (κ3) is 5.23. The minimum absolute atomic E-state index is 0.0156. The van der Waals surface area contributed by atoms with Gasteiger partial charge in [0.1, 0.15) is 5.82 Å². The number of halogens is 1. The number of fused-ring (bicyclic) bond motifs is 1. The van der Waals surface area contributed by atoms with Crippen LogP contribution in [0.15, 0.2) is 41.3 Å². The summed E-state index contributed by atoms with van der Waals surface area (Å²) in [5.41, 5.74) is 1.36. The lowest BCUT2D eigenvalue weighted by molar-refractivity contribution is 0.104. The SMILES string of the molecule is CCN1CCN(c2cc3c(cc2F)c(=O)c(C(=O)/C=C/c2cc(OC)c(OC)c(OC)c2)cn3C2CC2)CC1. The Balaban J connectivity index is 1.51. The molecule has 1 aromatic heterocycles. The molecular weight excluding hydrogens is 501 g/mol. The Morgan fingerprint density at radius 3 is 2.23 bits per heavy atom. The van der Waals surface area contributed by atoms with Crippen LogP contribution >= 0.6 is 0 Å². The predicted molar refractivity (Wildman–Crippen MR) is 150 cm³/mol. The molecule has 0 bridgehead atoms. The fourth-order valence-electron chi connectivity index (χ4n) is 5.20. The number of anilines is 1. The Bertz CT molecular complexity index is 1460. The zero-order chi connectivity index (χ0) is 27.7. The van der Waals surface area contributed by atoms with Crippen molar-refractivity contribution in [2.45, 2.75) is 25.8 Å². The summed E-state index contributed by atoms with van der Waals surface area (Å²) < 4.78 is 33.5. The summed E-state index contributed by atoms with van der Waals surface area (Å²) in [7, 11) is 4.55. The molecule has 0 spiro atoms. The molecule has 0 amide bonds. The molecule has 0 unspecified atom stereocenters. The molecule has 1 aliphatic heterocycles. The first kappa shape index (κ1) is 26.7. The van der Waals surface area contributed by atoms with Crippen molar-refractivity contribution in [1.29, 1.82) is 0 Å². The molecule has 39 heavy (non-hydrogen) atoms. The number of carbonyl (C=O) groups is 1. The Hall–Kier alpha value is -3.85. The van der Waals surface area contributed by atoms with Gasteiger partial charge in [-0.1, -0.05) is 13.0 Å². The van der Waals surface area contributed by atoms with Gasteiger partial charge in [0.25, 0.3) is 0 Å². The van der Waals surface area contributed by atoms with Gasteiger partial charge in [0.15, 0.2) is 17.3 Å². The summed E-state index contributed by atoms with van der Waals surface area (Å²) in [6, 6.07) is 6.70. The number of nitrogens with zero attached hydrogens (tertiary/aromatic N) is 3. The number of ketones is 1. The number of allylic oxidation sites excluding steroid dienone is 1. The second kappa shape index (κ2) is 11.1. The van der Waals surface area contributed by atoms with Gasteiger partial charge in [-0.2, -0.15) is 0 Å². The fourth-order valence-corrected chi connectivity index (χ4v) is 5.20. The van der Waals surface area contributed by atoms with Gasteiger partial charge in [-0.25, -0.2) is 4.39 Å². The second-order valence-electron chi connectivity index (χ2n) is 9.91. The highest BCUT2D eigenvalue weighted by Crippen LogP contribution is 2.39. The summed E-state index contributed by atoms with van der Waals surface area (Å²) in [6.07, 6.45) is 6.49. The molecule has 206 valence electrons. The number of hydrogen-bond acceptors (Lipinski definition) is 7. The van der Waals surface area contributed by atoms with E-state index in [2.05, 4.69) is 11.8 Å². The molecule has 2 aliphatic rings. The van der Waals surface area contributed by atoms with Gasteiger partial charge in [0.05, 0.1) is 38.1 Å². The molecule has 1 aliphatic carbocycles. The first-order valence-corrected chi connectivity index (χ1v) is 13.3. The number of piperazine rings is 1. The maximum atomic E-state index is 15.4. The predicted octanol–water partition coefficient (Wildman–Crippen LogP) is 4.54. The number of pyridine rings is 1. The van der Waals surface area contributed by atoms with Crippen molar-refractivity contribution < 1.29 is 23.4 Å². The summed E-state index contributed by atoms with van der Waals surface area (Å²) in [4.78, 5) is 31.1. The lowest BCUT2D eigenvalue weighted by atomic mass is 10.0. The van der Waals surface area contributed by atoms with E-state index in [0.717, 1.165) is 45.6 Å². The monoisotopic (exact) mass is 535 g/mol. The normalized spacial score (nSPS) is 16.2. The summed E-state index contributed by atoms with van der Waals surface area (Å²) >= 11 is 0. The number of methoxy groups -OCH3 is 3. The van der Waals surface area contributed by atoms with Gasteiger partial charge in [0.2, 0.25) is 11.2 Å². The second-order valence-corrected chi connectivity index (χ2v) is 9.91. The largest absolute Gasteiger partial charge is 0.493 e. The molecule has 8 nitrogen and oxygen atoms in total. The van der Waals surface area contributed by atoms with Crippen LogP contribution in [0.1, 0.15) is 41.7 Å². The van der Waals surface area contributed by atoms with Gasteiger partial charge in [-0.3, -0.25) is 9.59 Å². The van der Waals surface area contributed by atoms with Gasteiger partial charge < -0.3 is 28.6 Å². The van der Waals surface area contributed by atoms with E-state index in [0.29, 0.717) is 34.0 Å². The van der Waals surface area contributed by atoms with Crippen LogP contribution in [-0.2, 0) is 0 Å². The minimum Gasteiger partial charge on any atom is -0.493 e. The molecule has 2 fully saturated rings. The molecule has 0 N–H and O–H groups in total. The van der Waals surface area contributed by atoms with E-state index >= 15 is 4.39 Å². The van der Waals surface area contributed by atoms with Gasteiger partial charge in [-0.05, 0) is 55.3 Å². The molecule has 3 aromatic rings. The van der Waals surface area contributed by atoms with E-state index in [1.54, 1.807) is 30.5 Å². The van der Waals surface area contributed by atoms with Crippen molar-refractivity contribution in [3.63, 3.8) is 0 Å². The van der Waals surface area contributed by atoms with Crippen molar-refractivity contribution in [3.8, 4) is 17.2 Å². The fraction of sp³-hybridized carbons (Fsp3) is 0.400. The number of carbonyl (C=O) groups excluding carboxylic acids is 1. The average Bonchev–Trinajstić information content (AvgIpc) is 3.81. The van der Waals surface area contributed by atoms with E-state index in [9.17, 15) is 9.59 Å². The summed E-state index contributed by atoms with van der Waals surface area (Å²) in [6.45, 7) is 6.29. The number of ether oxygens (including phenoxy) is 3. The lowest BCUT2D eigenvalue weighted by Gasteiger charge is -2.35. The van der Waals surface area contributed by atoms with Crippen molar-refractivity contribution in [2.75, 3.05) is 59.0 Å². The highest BCUT2D eigenvalue weighted by Gasteiger charge is 2.28. The number of likely N-dealkylation sites (N-methyl/N-ethyl adjacent to an activating group) is 1. The number of benzene rings is 2. The minimum atomic E-state index is -0.470. The first-order valence-electron chi connectivity index (χ1n) is 13.3. The van der Waals surface area contributed by atoms with Crippen molar-refractivity contribution >= 4 is 28.4 Å². The third-order valence-corrected chi connectivity index (χ3v) is 7.58. The molecule has 1 saturated carbocycles. The number of hydrogen-bond donors (Lipinski definition) is 0. The average molecular weight is 536 g/mol. The van der Waals surface area contributed by atoms with Gasteiger partial charge >= 0.3 is 0 Å². The van der Waals surface area contributed by atoms with E-state index in [1.807, 2.05) is 9.47 Å². The number of rotatable bonds is 9. The zero-order valence-electron chi connectivity index (χ0n) is 22.8. The van der Waals surface area contributed by atoms with Gasteiger partial charge in [-0.15, -0.1) is 0 Å². The topological polar surface area (TPSA) is 73.2 Å². The molecule has 0 atom stereocenters. The smallest absolute Gasteiger partial charge is 0.203 e. The Labute approximate surface area is 227 Å². The van der Waals surface area contributed by atoms with Crippen LogP contribution in [-0.4, -0.2) is 69.3 Å². The van der Waals surface area contributed by atoms with Crippen LogP contribution in [0.5, 0.6) is 17.2 Å². The molecule has 1 saturated heterocycles. The molecule has 5 rings (SSSR count). The molecule has 2 heterocycles.